The minimum absolute atomic E-state index is 0.0531. The van der Waals surface area contributed by atoms with Crippen LogP contribution < -0.4 is 14.9 Å². The zero-order valence-corrected chi connectivity index (χ0v) is 15.0. The van der Waals surface area contributed by atoms with Gasteiger partial charge in [0.15, 0.2) is 0 Å². The number of carbonyl (C=O) groups is 3. The maximum absolute atomic E-state index is 12.5. The van der Waals surface area contributed by atoms with Crippen LogP contribution in [0, 0.1) is 0 Å². The summed E-state index contributed by atoms with van der Waals surface area (Å²) in [5.74, 6) is -3.40. The average Bonchev–Trinajstić information content (AvgIpc) is 2.85. The summed E-state index contributed by atoms with van der Waals surface area (Å²) in [7, 11) is 0. The molecule has 136 valence electrons. The van der Waals surface area contributed by atoms with Gasteiger partial charge >= 0.3 is 0 Å². The Kier molecular flexibility index (Phi) is 6.53. The van der Waals surface area contributed by atoms with Gasteiger partial charge in [-0.15, -0.1) is 0 Å². The molecule has 1 aliphatic heterocycles. The molecule has 1 aromatic carbocycles. The molecular weight excluding hydrogens is 378 g/mol. The zero-order valence-electron chi connectivity index (χ0n) is 13.4. The van der Waals surface area contributed by atoms with Crippen molar-refractivity contribution in [1.82, 2.24) is 4.90 Å². The van der Waals surface area contributed by atoms with Crippen LogP contribution in [0.2, 0.25) is 0 Å². The zero-order chi connectivity index (χ0) is 19.3. The second-order valence-electron chi connectivity index (χ2n) is 5.13. The summed E-state index contributed by atoms with van der Waals surface area (Å²) < 4.78 is 5.30. The molecule has 0 radical (unpaired) electrons. The topological polar surface area (TPSA) is 110 Å². The number of carboxylic acids is 2. The Morgan fingerprint density at radius 3 is 2.50 bits per heavy atom. The van der Waals surface area contributed by atoms with Crippen molar-refractivity contribution >= 4 is 52.2 Å². The number of benzene rings is 1. The van der Waals surface area contributed by atoms with Crippen molar-refractivity contribution in [1.29, 1.82) is 0 Å². The smallest absolute Gasteiger partial charge is 0.266 e. The van der Waals surface area contributed by atoms with Gasteiger partial charge in [-0.3, -0.25) is 9.69 Å². The standard InChI is InChI=1S/C17H15NO6S2/c1-2-7-24-11-5-3-10(4-6-11)8-13-15(21)18(17(25)26-13)12(16(22)23)9-14(19)20/h2-6,8,12H,1,7,9H2,(H,19,20)(H,22,23)/p-2/b13-8+/t12-/m0/s1. The maximum atomic E-state index is 12.5. The lowest BCUT2D eigenvalue weighted by molar-refractivity contribution is -0.319. The van der Waals surface area contributed by atoms with Gasteiger partial charge in [0.2, 0.25) is 0 Å². The van der Waals surface area contributed by atoms with Gasteiger partial charge in [0.25, 0.3) is 5.91 Å². The molecule has 0 unspecified atom stereocenters. The summed E-state index contributed by atoms with van der Waals surface area (Å²) >= 11 is 5.91. The van der Waals surface area contributed by atoms with E-state index in [9.17, 15) is 24.6 Å². The van der Waals surface area contributed by atoms with Crippen LogP contribution in [0.3, 0.4) is 0 Å². The molecule has 1 aliphatic rings. The number of amides is 1. The third-order valence-corrected chi connectivity index (χ3v) is 4.64. The van der Waals surface area contributed by atoms with Gasteiger partial charge in [-0.05, 0) is 23.8 Å². The van der Waals surface area contributed by atoms with Crippen LogP contribution in [0.4, 0.5) is 0 Å². The van der Waals surface area contributed by atoms with Gasteiger partial charge in [-0.2, -0.15) is 0 Å². The van der Waals surface area contributed by atoms with Crippen LogP contribution in [-0.4, -0.2) is 39.7 Å². The number of aliphatic carboxylic acids is 2. The first-order valence-electron chi connectivity index (χ1n) is 7.35. The molecule has 1 fully saturated rings. The number of nitrogens with zero attached hydrogens (tertiary/aromatic N) is 1. The Balaban J connectivity index is 2.21. The third kappa shape index (κ3) is 4.70. The van der Waals surface area contributed by atoms with Crippen molar-refractivity contribution in [2.24, 2.45) is 0 Å². The Labute approximate surface area is 158 Å². The van der Waals surface area contributed by atoms with Crippen molar-refractivity contribution in [3.63, 3.8) is 0 Å². The van der Waals surface area contributed by atoms with Crippen molar-refractivity contribution in [3.05, 3.63) is 47.4 Å². The normalized spacial score (nSPS) is 16.6. The highest BCUT2D eigenvalue weighted by Gasteiger charge is 2.37. The molecule has 7 nitrogen and oxygen atoms in total. The van der Waals surface area contributed by atoms with E-state index in [0.29, 0.717) is 17.9 Å². The molecule has 0 saturated carbocycles. The number of carbonyl (C=O) groups excluding carboxylic acids is 3. The fourth-order valence-corrected chi connectivity index (χ4v) is 3.51. The quantitative estimate of drug-likeness (QED) is 0.338. The predicted molar refractivity (Wildman–Crippen MR) is 95.6 cm³/mol. The summed E-state index contributed by atoms with van der Waals surface area (Å²) in [6.07, 6.45) is 2.24. The molecule has 1 aromatic rings. The Morgan fingerprint density at radius 2 is 1.96 bits per heavy atom. The SMILES string of the molecule is C=CCOc1ccc(/C=C2/SC(=S)N([C@@H](CC(=O)[O-])C(=O)[O-])C2=O)cc1. The maximum Gasteiger partial charge on any atom is 0.266 e. The van der Waals surface area contributed by atoms with Gasteiger partial charge in [0, 0.05) is 12.4 Å². The van der Waals surface area contributed by atoms with E-state index in [2.05, 4.69) is 6.58 Å². The van der Waals surface area contributed by atoms with E-state index in [1.54, 1.807) is 30.3 Å². The van der Waals surface area contributed by atoms with Crippen LogP contribution in [0.5, 0.6) is 5.75 Å². The lowest BCUT2D eigenvalue weighted by Gasteiger charge is -2.27. The number of hydrogen-bond donors (Lipinski definition) is 0. The molecule has 2 rings (SSSR count). The van der Waals surface area contributed by atoms with Gasteiger partial charge in [-0.1, -0.05) is 48.8 Å². The van der Waals surface area contributed by atoms with Crippen LogP contribution in [0.25, 0.3) is 6.08 Å². The predicted octanol–water partition coefficient (Wildman–Crippen LogP) is -0.289. The van der Waals surface area contributed by atoms with Gasteiger partial charge in [-0.25, -0.2) is 0 Å². The number of ether oxygens (including phenoxy) is 1. The van der Waals surface area contributed by atoms with E-state index in [1.807, 2.05) is 0 Å². The minimum Gasteiger partial charge on any atom is -0.550 e. The van der Waals surface area contributed by atoms with E-state index >= 15 is 0 Å². The second kappa shape index (κ2) is 8.63. The summed E-state index contributed by atoms with van der Waals surface area (Å²) in [5, 5.41) is 21.9. The van der Waals surface area contributed by atoms with E-state index in [4.69, 9.17) is 17.0 Å². The fourth-order valence-electron chi connectivity index (χ4n) is 2.15. The number of carboxylic acid groups (broad SMARTS) is 2. The summed E-state index contributed by atoms with van der Waals surface area (Å²) in [6, 6.07) is 5.12. The number of thiocarbonyl (C=S) groups is 1. The molecule has 1 heterocycles. The molecule has 9 heteroatoms. The first-order valence-corrected chi connectivity index (χ1v) is 8.57. The Hall–Kier alpha value is -2.65. The summed E-state index contributed by atoms with van der Waals surface area (Å²) in [5.41, 5.74) is 0.668. The summed E-state index contributed by atoms with van der Waals surface area (Å²) in [4.78, 5) is 35.3. The lowest BCUT2D eigenvalue weighted by atomic mass is 10.1. The fraction of sp³-hybridized carbons (Fsp3) is 0.176. The number of rotatable bonds is 8. The molecule has 26 heavy (non-hydrogen) atoms. The van der Waals surface area contributed by atoms with Crippen LogP contribution in [0.15, 0.2) is 41.8 Å². The average molecular weight is 391 g/mol. The van der Waals surface area contributed by atoms with Crippen LogP contribution in [0.1, 0.15) is 12.0 Å². The number of thioether (sulfide) groups is 1. The first-order chi connectivity index (χ1) is 12.3. The molecular formula is C17H13NO6S2-2. The van der Waals surface area contributed by atoms with E-state index in [1.165, 1.54) is 6.08 Å². The molecule has 0 spiro atoms. The Morgan fingerprint density at radius 1 is 1.31 bits per heavy atom. The first kappa shape index (κ1) is 19.7. The van der Waals surface area contributed by atoms with E-state index in [0.717, 1.165) is 16.7 Å². The minimum atomic E-state index is -1.71. The van der Waals surface area contributed by atoms with Crippen molar-refractivity contribution in [3.8, 4) is 5.75 Å². The van der Waals surface area contributed by atoms with Crippen molar-refractivity contribution in [2.45, 2.75) is 12.5 Å². The largest absolute Gasteiger partial charge is 0.550 e. The molecule has 1 atom stereocenters. The molecule has 0 bridgehead atoms. The van der Waals surface area contributed by atoms with Crippen LogP contribution >= 0.6 is 24.0 Å². The molecule has 1 saturated heterocycles. The van der Waals surface area contributed by atoms with E-state index in [-0.39, 0.29) is 9.23 Å². The van der Waals surface area contributed by atoms with Crippen molar-refractivity contribution in [2.75, 3.05) is 6.61 Å². The molecule has 0 aromatic heterocycles. The monoisotopic (exact) mass is 391 g/mol. The lowest BCUT2D eigenvalue weighted by Crippen LogP contribution is -2.52. The van der Waals surface area contributed by atoms with Gasteiger partial charge < -0.3 is 24.5 Å². The highest BCUT2D eigenvalue weighted by Crippen LogP contribution is 2.34. The highest BCUT2D eigenvalue weighted by molar-refractivity contribution is 8.26. The molecule has 0 N–H and O–H groups in total. The molecule has 1 amide bonds. The van der Waals surface area contributed by atoms with Gasteiger partial charge in [0.05, 0.1) is 16.9 Å². The number of hydrogen-bond acceptors (Lipinski definition) is 8. The summed E-state index contributed by atoms with van der Waals surface area (Å²) in [6.45, 7) is 3.91. The van der Waals surface area contributed by atoms with Crippen LogP contribution in [-0.2, 0) is 14.4 Å². The molecule has 0 aliphatic carbocycles. The van der Waals surface area contributed by atoms with E-state index < -0.39 is 30.3 Å². The highest BCUT2D eigenvalue weighted by atomic mass is 32.2. The van der Waals surface area contributed by atoms with Crippen molar-refractivity contribution < 1.29 is 29.3 Å². The van der Waals surface area contributed by atoms with Gasteiger partial charge in [0.1, 0.15) is 16.7 Å². The Bertz CT molecular complexity index is 787. The third-order valence-electron chi connectivity index (χ3n) is 3.31. The second-order valence-corrected chi connectivity index (χ2v) is 6.81.